The molecule has 0 atom stereocenters. The standard InChI is InChI=1S/C20H32N4O2/c1-16-9-5-8-12-18(16)26-14-13-24(4)20(21-15-19(25)23(2)3)22-17-10-6-7-11-17/h5,8-9,12,17H,6-7,10-11,13-15H2,1-4H3,(H,21,22). The molecule has 144 valence electrons. The molecule has 26 heavy (non-hydrogen) atoms. The molecule has 0 aliphatic heterocycles. The molecule has 0 heterocycles. The maximum absolute atomic E-state index is 11.9. The number of nitrogens with one attached hydrogen (secondary N) is 1. The smallest absolute Gasteiger partial charge is 0.243 e. The lowest BCUT2D eigenvalue weighted by atomic mass is 10.2. The summed E-state index contributed by atoms with van der Waals surface area (Å²) in [7, 11) is 5.49. The number of benzene rings is 1. The first-order valence-electron chi connectivity index (χ1n) is 9.38. The van der Waals surface area contributed by atoms with Gasteiger partial charge in [-0.2, -0.15) is 0 Å². The largest absolute Gasteiger partial charge is 0.491 e. The Balaban J connectivity index is 1.92. The Labute approximate surface area is 157 Å². The molecule has 1 saturated carbocycles. The number of aliphatic imine (C=N–C) groups is 1. The van der Waals surface area contributed by atoms with Crippen molar-refractivity contribution >= 4 is 11.9 Å². The Morgan fingerprint density at radius 1 is 1.23 bits per heavy atom. The van der Waals surface area contributed by atoms with Crippen molar-refractivity contribution < 1.29 is 9.53 Å². The number of hydrogen-bond donors (Lipinski definition) is 1. The van der Waals surface area contributed by atoms with Crippen LogP contribution in [0.4, 0.5) is 0 Å². The van der Waals surface area contributed by atoms with Crippen LogP contribution in [0.5, 0.6) is 5.75 Å². The Morgan fingerprint density at radius 2 is 1.92 bits per heavy atom. The molecular weight excluding hydrogens is 328 g/mol. The first-order valence-corrected chi connectivity index (χ1v) is 9.38. The van der Waals surface area contributed by atoms with Crippen molar-refractivity contribution in [1.29, 1.82) is 0 Å². The molecule has 0 saturated heterocycles. The van der Waals surface area contributed by atoms with Crippen LogP contribution in [0.2, 0.25) is 0 Å². The van der Waals surface area contributed by atoms with Crippen LogP contribution in [0.3, 0.4) is 0 Å². The van der Waals surface area contributed by atoms with Crippen LogP contribution in [0, 0.1) is 6.92 Å². The summed E-state index contributed by atoms with van der Waals surface area (Å²) >= 11 is 0. The highest BCUT2D eigenvalue weighted by molar-refractivity contribution is 5.84. The lowest BCUT2D eigenvalue weighted by Crippen LogP contribution is -2.45. The number of hydrogen-bond acceptors (Lipinski definition) is 3. The second-order valence-corrected chi connectivity index (χ2v) is 7.09. The maximum Gasteiger partial charge on any atom is 0.243 e. The molecule has 0 bridgehead atoms. The number of amides is 1. The molecule has 0 spiro atoms. The van der Waals surface area contributed by atoms with Crippen LogP contribution < -0.4 is 10.1 Å². The number of nitrogens with zero attached hydrogens (tertiary/aromatic N) is 3. The summed E-state index contributed by atoms with van der Waals surface area (Å²) in [5, 5.41) is 3.52. The van der Waals surface area contributed by atoms with E-state index in [0.29, 0.717) is 19.2 Å². The van der Waals surface area contributed by atoms with Crippen molar-refractivity contribution in [3.05, 3.63) is 29.8 Å². The van der Waals surface area contributed by atoms with E-state index in [1.807, 2.05) is 43.1 Å². The second kappa shape index (κ2) is 10.0. The molecule has 1 aliphatic rings. The summed E-state index contributed by atoms with van der Waals surface area (Å²) in [4.78, 5) is 20.0. The normalized spacial score (nSPS) is 15.0. The molecule has 1 aromatic rings. The first kappa shape index (κ1) is 20.1. The molecule has 0 radical (unpaired) electrons. The van der Waals surface area contributed by atoms with Gasteiger partial charge in [-0.3, -0.25) is 4.79 Å². The molecule has 6 heteroatoms. The number of ether oxygens (including phenoxy) is 1. The summed E-state index contributed by atoms with van der Waals surface area (Å²) in [6.07, 6.45) is 4.83. The quantitative estimate of drug-likeness (QED) is 0.599. The Morgan fingerprint density at radius 3 is 2.58 bits per heavy atom. The number of guanidine groups is 1. The van der Waals surface area contributed by atoms with Crippen molar-refractivity contribution in [1.82, 2.24) is 15.1 Å². The molecule has 6 nitrogen and oxygen atoms in total. The molecule has 1 amide bonds. The second-order valence-electron chi connectivity index (χ2n) is 7.09. The van der Waals surface area contributed by atoms with Gasteiger partial charge < -0.3 is 19.9 Å². The van der Waals surface area contributed by atoms with Gasteiger partial charge in [0, 0.05) is 27.2 Å². The van der Waals surface area contributed by atoms with Gasteiger partial charge >= 0.3 is 0 Å². The number of aryl methyl sites for hydroxylation is 1. The van der Waals surface area contributed by atoms with Crippen molar-refractivity contribution in [3.63, 3.8) is 0 Å². The van der Waals surface area contributed by atoms with E-state index in [1.54, 1.807) is 19.0 Å². The monoisotopic (exact) mass is 360 g/mol. The molecule has 0 unspecified atom stereocenters. The van der Waals surface area contributed by atoms with Crippen molar-refractivity contribution in [2.45, 2.75) is 38.6 Å². The van der Waals surface area contributed by atoms with Crippen LogP contribution in [-0.4, -0.2) is 68.5 Å². The highest BCUT2D eigenvalue weighted by atomic mass is 16.5. The topological polar surface area (TPSA) is 57.2 Å². The molecule has 1 fully saturated rings. The van der Waals surface area contributed by atoms with E-state index in [9.17, 15) is 4.79 Å². The number of carbonyl (C=O) groups is 1. The minimum absolute atomic E-state index is 0.000261. The lowest BCUT2D eigenvalue weighted by Gasteiger charge is -2.25. The Bertz CT molecular complexity index is 610. The lowest BCUT2D eigenvalue weighted by molar-refractivity contribution is -0.127. The summed E-state index contributed by atoms with van der Waals surface area (Å²) in [6.45, 7) is 3.46. The van der Waals surface area contributed by atoms with Gasteiger partial charge in [0.2, 0.25) is 5.91 Å². The van der Waals surface area contributed by atoms with Crippen LogP contribution >= 0.6 is 0 Å². The summed E-state index contributed by atoms with van der Waals surface area (Å²) in [5.74, 6) is 1.69. The maximum atomic E-state index is 11.9. The fourth-order valence-electron chi connectivity index (χ4n) is 2.93. The number of carbonyl (C=O) groups excluding carboxylic acids is 1. The Hall–Kier alpha value is -2.24. The number of para-hydroxylation sites is 1. The first-order chi connectivity index (χ1) is 12.5. The minimum Gasteiger partial charge on any atom is -0.491 e. The van der Waals surface area contributed by atoms with Gasteiger partial charge in [-0.1, -0.05) is 31.0 Å². The van der Waals surface area contributed by atoms with Gasteiger partial charge in [0.25, 0.3) is 0 Å². The van der Waals surface area contributed by atoms with Crippen LogP contribution in [0.25, 0.3) is 0 Å². The number of likely N-dealkylation sites (N-methyl/N-ethyl adjacent to an activating group) is 2. The van der Waals surface area contributed by atoms with E-state index in [4.69, 9.17) is 4.74 Å². The highest BCUT2D eigenvalue weighted by Crippen LogP contribution is 2.18. The zero-order valence-electron chi connectivity index (χ0n) is 16.5. The third-order valence-corrected chi connectivity index (χ3v) is 4.69. The predicted octanol–water partition coefficient (Wildman–Crippen LogP) is 2.28. The van der Waals surface area contributed by atoms with Crippen LogP contribution in [0.1, 0.15) is 31.2 Å². The van der Waals surface area contributed by atoms with Crippen molar-refractivity contribution in [2.75, 3.05) is 40.8 Å². The third-order valence-electron chi connectivity index (χ3n) is 4.69. The van der Waals surface area contributed by atoms with Gasteiger partial charge in [0.05, 0.1) is 6.54 Å². The average Bonchev–Trinajstić information content (AvgIpc) is 3.12. The van der Waals surface area contributed by atoms with Crippen molar-refractivity contribution in [2.24, 2.45) is 4.99 Å². The van der Waals surface area contributed by atoms with E-state index >= 15 is 0 Å². The molecular formula is C20H32N4O2. The molecule has 1 N–H and O–H groups in total. The average molecular weight is 361 g/mol. The molecule has 1 aliphatic carbocycles. The van der Waals surface area contributed by atoms with E-state index in [0.717, 1.165) is 30.1 Å². The van der Waals surface area contributed by atoms with Gasteiger partial charge in [-0.15, -0.1) is 0 Å². The van der Waals surface area contributed by atoms with Crippen LogP contribution in [0.15, 0.2) is 29.3 Å². The van der Waals surface area contributed by atoms with Crippen LogP contribution in [-0.2, 0) is 4.79 Å². The van der Waals surface area contributed by atoms with Gasteiger partial charge in [-0.05, 0) is 31.4 Å². The van der Waals surface area contributed by atoms with E-state index in [2.05, 4.69) is 10.3 Å². The Kier molecular flexibility index (Phi) is 7.75. The summed E-state index contributed by atoms with van der Waals surface area (Å²) < 4.78 is 5.89. The third kappa shape index (κ3) is 6.24. The van der Waals surface area contributed by atoms with E-state index < -0.39 is 0 Å². The fourth-order valence-corrected chi connectivity index (χ4v) is 2.93. The molecule has 0 aromatic heterocycles. The predicted molar refractivity (Wildman–Crippen MR) is 106 cm³/mol. The zero-order chi connectivity index (χ0) is 18.9. The minimum atomic E-state index is 0.000261. The molecule has 1 aromatic carbocycles. The van der Waals surface area contributed by atoms with Crippen molar-refractivity contribution in [3.8, 4) is 5.75 Å². The van der Waals surface area contributed by atoms with Gasteiger partial charge in [0.15, 0.2) is 5.96 Å². The summed E-state index contributed by atoms with van der Waals surface area (Å²) in [6, 6.07) is 8.46. The summed E-state index contributed by atoms with van der Waals surface area (Å²) in [5.41, 5.74) is 1.13. The van der Waals surface area contributed by atoms with Gasteiger partial charge in [0.1, 0.15) is 18.9 Å². The zero-order valence-corrected chi connectivity index (χ0v) is 16.5. The fraction of sp³-hybridized carbons (Fsp3) is 0.600. The SMILES string of the molecule is Cc1ccccc1OCCN(C)C(=NCC(=O)N(C)C)NC1CCCC1. The highest BCUT2D eigenvalue weighted by Gasteiger charge is 2.18. The van der Waals surface area contributed by atoms with Gasteiger partial charge in [-0.25, -0.2) is 4.99 Å². The molecule has 2 rings (SSSR count). The van der Waals surface area contributed by atoms with E-state index in [-0.39, 0.29) is 12.5 Å². The number of rotatable bonds is 7. The van der Waals surface area contributed by atoms with E-state index in [1.165, 1.54) is 12.8 Å².